The largest absolute Gasteiger partial charge is 0.463 e. The van der Waals surface area contributed by atoms with Gasteiger partial charge in [0.05, 0.1) is 6.61 Å². The molecule has 0 aromatic heterocycles. The number of hydrogen-bond acceptors (Lipinski definition) is 6. The van der Waals surface area contributed by atoms with E-state index in [1.54, 1.807) is 20.8 Å². The number of esters is 1. The van der Waals surface area contributed by atoms with E-state index in [2.05, 4.69) is 0 Å². The summed E-state index contributed by atoms with van der Waals surface area (Å²) in [6, 6.07) is 0. The van der Waals surface area contributed by atoms with Crippen molar-refractivity contribution in [3.63, 3.8) is 0 Å². The summed E-state index contributed by atoms with van der Waals surface area (Å²) >= 11 is 0. The fraction of sp³-hybridized carbons (Fsp3) is 0.750. The molecule has 1 N–H and O–H groups in total. The van der Waals surface area contributed by atoms with Gasteiger partial charge in [-0.1, -0.05) is 0 Å². The molecule has 2 aliphatic rings. The van der Waals surface area contributed by atoms with Gasteiger partial charge in [0.2, 0.25) is 0 Å². The molecule has 0 aromatic carbocycles. The molecule has 0 aliphatic carbocycles. The minimum atomic E-state index is -0.859. The summed E-state index contributed by atoms with van der Waals surface area (Å²) in [5.74, 6) is -1.22. The van der Waals surface area contributed by atoms with E-state index in [9.17, 15) is 9.90 Å². The second-order valence-corrected chi connectivity index (χ2v) is 4.67. The fourth-order valence-electron chi connectivity index (χ4n) is 2.04. The number of aliphatic hydroxyl groups excluding tert-OH is 1. The molecule has 4 atom stereocenters. The molecule has 0 bridgehead atoms. The van der Waals surface area contributed by atoms with E-state index in [0.29, 0.717) is 6.61 Å². The van der Waals surface area contributed by atoms with Gasteiger partial charge in [-0.05, 0) is 26.8 Å². The Morgan fingerprint density at radius 2 is 2.17 bits per heavy atom. The Hall–Kier alpha value is -0.950. The Morgan fingerprint density at radius 3 is 2.78 bits per heavy atom. The first-order chi connectivity index (χ1) is 8.43. The van der Waals surface area contributed by atoms with Gasteiger partial charge in [0, 0.05) is 6.08 Å². The maximum absolute atomic E-state index is 11.1. The summed E-state index contributed by atoms with van der Waals surface area (Å²) < 4.78 is 21.2. The summed E-state index contributed by atoms with van der Waals surface area (Å²) in [5, 5.41) is 10.0. The van der Waals surface area contributed by atoms with E-state index < -0.39 is 36.4 Å². The molecule has 6 nitrogen and oxygen atoms in total. The molecule has 18 heavy (non-hydrogen) atoms. The maximum Gasteiger partial charge on any atom is 0.330 e. The molecule has 0 aromatic rings. The van der Waals surface area contributed by atoms with Crippen LogP contribution >= 0.6 is 0 Å². The minimum absolute atomic E-state index is 0.308. The number of carbonyl (C=O) groups excluding carboxylic acids is 1. The molecule has 102 valence electrons. The van der Waals surface area contributed by atoms with Crippen LogP contribution in [0, 0.1) is 0 Å². The lowest BCUT2D eigenvalue weighted by atomic mass is 10.1. The van der Waals surface area contributed by atoms with Crippen LogP contribution in [0.4, 0.5) is 0 Å². The van der Waals surface area contributed by atoms with Crippen molar-refractivity contribution in [3.05, 3.63) is 12.2 Å². The molecule has 0 amide bonds. The first-order valence-electron chi connectivity index (χ1n) is 5.97. The third-order valence-corrected chi connectivity index (χ3v) is 2.76. The molecule has 0 radical (unpaired) electrons. The molecular weight excluding hydrogens is 240 g/mol. The first kappa shape index (κ1) is 13.5. The minimum Gasteiger partial charge on any atom is -0.463 e. The van der Waals surface area contributed by atoms with Crippen LogP contribution in [0.3, 0.4) is 0 Å². The highest BCUT2D eigenvalue weighted by Crippen LogP contribution is 2.37. The van der Waals surface area contributed by atoms with E-state index in [-0.39, 0.29) is 0 Å². The molecule has 0 saturated carbocycles. The van der Waals surface area contributed by atoms with Crippen LogP contribution in [-0.4, -0.2) is 48.1 Å². The monoisotopic (exact) mass is 258 g/mol. The second kappa shape index (κ2) is 4.97. The highest BCUT2D eigenvalue weighted by atomic mass is 16.8. The predicted molar refractivity (Wildman–Crippen MR) is 60.5 cm³/mol. The van der Waals surface area contributed by atoms with Crippen molar-refractivity contribution in [1.82, 2.24) is 0 Å². The zero-order valence-electron chi connectivity index (χ0n) is 10.7. The molecule has 6 heteroatoms. The van der Waals surface area contributed by atoms with Crippen molar-refractivity contribution in [3.8, 4) is 0 Å². The standard InChI is InChI=1S/C12H18O6/c1-4-15-8(13)6-5-7-9(14)10-11(16-7)18-12(2,3)17-10/h5-7,9-11,14H,4H2,1-3H3/b6-5-/t7-,9+,10-,11-/m1/s1. The Morgan fingerprint density at radius 1 is 1.44 bits per heavy atom. The smallest absolute Gasteiger partial charge is 0.330 e. The van der Waals surface area contributed by atoms with Crippen LogP contribution in [0.2, 0.25) is 0 Å². The van der Waals surface area contributed by atoms with Gasteiger partial charge in [-0.3, -0.25) is 0 Å². The second-order valence-electron chi connectivity index (χ2n) is 4.67. The summed E-state index contributed by atoms with van der Waals surface area (Å²) in [4.78, 5) is 11.1. The zero-order chi connectivity index (χ0) is 13.3. The van der Waals surface area contributed by atoms with Gasteiger partial charge >= 0.3 is 5.97 Å². The predicted octanol–water partition coefficient (Wildman–Crippen LogP) is 0.343. The van der Waals surface area contributed by atoms with Crippen molar-refractivity contribution < 1.29 is 28.8 Å². The lowest BCUT2D eigenvalue weighted by Crippen LogP contribution is -2.33. The van der Waals surface area contributed by atoms with E-state index in [0.717, 1.165) is 0 Å². The van der Waals surface area contributed by atoms with Crippen LogP contribution in [0.5, 0.6) is 0 Å². The van der Waals surface area contributed by atoms with Gasteiger partial charge in [-0.25, -0.2) is 4.79 Å². The van der Waals surface area contributed by atoms with Crippen LogP contribution in [0.15, 0.2) is 12.2 Å². The Kier molecular flexibility index (Phi) is 3.72. The van der Waals surface area contributed by atoms with Crippen LogP contribution in [0.25, 0.3) is 0 Å². The lowest BCUT2D eigenvalue weighted by molar-refractivity contribution is -0.209. The van der Waals surface area contributed by atoms with Crippen molar-refractivity contribution in [2.75, 3.05) is 6.61 Å². The van der Waals surface area contributed by atoms with Crippen molar-refractivity contribution in [2.24, 2.45) is 0 Å². The quantitative estimate of drug-likeness (QED) is 0.581. The highest BCUT2D eigenvalue weighted by Gasteiger charge is 2.53. The third-order valence-electron chi connectivity index (χ3n) is 2.76. The number of aliphatic hydroxyl groups is 1. The fourth-order valence-corrected chi connectivity index (χ4v) is 2.04. The Bertz CT molecular complexity index is 350. The summed E-state index contributed by atoms with van der Waals surface area (Å²) in [6.07, 6.45) is 0.0798. The molecule has 2 fully saturated rings. The van der Waals surface area contributed by atoms with Crippen LogP contribution < -0.4 is 0 Å². The van der Waals surface area contributed by atoms with Gasteiger partial charge < -0.3 is 24.1 Å². The van der Waals surface area contributed by atoms with Crippen molar-refractivity contribution in [1.29, 1.82) is 0 Å². The van der Waals surface area contributed by atoms with E-state index in [1.165, 1.54) is 12.2 Å². The summed E-state index contributed by atoms with van der Waals surface area (Å²) in [5.41, 5.74) is 0. The molecule has 2 heterocycles. The van der Waals surface area contributed by atoms with E-state index in [1.807, 2.05) is 0 Å². The van der Waals surface area contributed by atoms with Gasteiger partial charge in [0.15, 0.2) is 12.1 Å². The Labute approximate surface area is 105 Å². The van der Waals surface area contributed by atoms with Crippen LogP contribution in [-0.2, 0) is 23.7 Å². The van der Waals surface area contributed by atoms with Crippen molar-refractivity contribution in [2.45, 2.75) is 51.2 Å². The van der Waals surface area contributed by atoms with Crippen LogP contribution in [0.1, 0.15) is 20.8 Å². The molecule has 2 saturated heterocycles. The number of carbonyl (C=O) groups is 1. The topological polar surface area (TPSA) is 74.2 Å². The highest BCUT2D eigenvalue weighted by molar-refractivity contribution is 5.81. The zero-order valence-corrected chi connectivity index (χ0v) is 10.7. The molecule has 0 spiro atoms. The number of hydrogen-bond donors (Lipinski definition) is 1. The van der Waals surface area contributed by atoms with Gasteiger partial charge in [0.25, 0.3) is 0 Å². The number of rotatable bonds is 3. The maximum atomic E-state index is 11.1. The van der Waals surface area contributed by atoms with Gasteiger partial charge in [-0.15, -0.1) is 0 Å². The van der Waals surface area contributed by atoms with Gasteiger partial charge in [-0.2, -0.15) is 0 Å². The first-order valence-corrected chi connectivity index (χ1v) is 5.97. The molecular formula is C12H18O6. The number of ether oxygens (including phenoxy) is 4. The number of fused-ring (bicyclic) bond motifs is 1. The molecule has 2 aliphatic heterocycles. The Balaban J connectivity index is 1.93. The molecule has 0 unspecified atom stereocenters. The average Bonchev–Trinajstić information content (AvgIpc) is 2.71. The van der Waals surface area contributed by atoms with Gasteiger partial charge in [0.1, 0.15) is 18.3 Å². The summed E-state index contributed by atoms with van der Waals surface area (Å²) in [7, 11) is 0. The van der Waals surface area contributed by atoms with E-state index in [4.69, 9.17) is 18.9 Å². The summed E-state index contributed by atoms with van der Waals surface area (Å²) in [6.45, 7) is 5.54. The third kappa shape index (κ3) is 2.72. The lowest BCUT2D eigenvalue weighted by Gasteiger charge is -2.21. The molecule has 2 rings (SSSR count). The van der Waals surface area contributed by atoms with E-state index >= 15 is 0 Å². The SMILES string of the molecule is CCOC(=O)/C=C\[C@H]1O[C@@H]2OC(C)(C)O[C@@H]2[C@H]1O. The normalized spacial score (nSPS) is 38.0. The average molecular weight is 258 g/mol. The van der Waals surface area contributed by atoms with Crippen molar-refractivity contribution >= 4 is 5.97 Å².